The van der Waals surface area contributed by atoms with E-state index in [2.05, 4.69) is 24.3 Å². The Bertz CT molecular complexity index is 612. The topological polar surface area (TPSA) is 34.1 Å². The van der Waals surface area contributed by atoms with Gasteiger partial charge >= 0.3 is 0 Å². The van der Waals surface area contributed by atoms with Crippen molar-refractivity contribution in [3.63, 3.8) is 0 Å². The Kier molecular flexibility index (Phi) is 3.46. The molecule has 2 heteroatoms. The molecule has 0 spiro atoms. The van der Waals surface area contributed by atoms with Crippen LogP contribution in [-0.2, 0) is 25.7 Å². The lowest BCUT2D eigenvalue weighted by molar-refractivity contribution is 0.111. The lowest BCUT2D eigenvalue weighted by Gasteiger charge is -2.13. The van der Waals surface area contributed by atoms with Gasteiger partial charge in [0, 0.05) is 11.1 Å². The number of rotatable bonds is 2. The standard InChI is InChI=1S/C18H16O2/c19-11-17-9-13-1-5-15(17)8-4-14-2-6-16(7-3-13)18(10-14)12-20/h1-2,5-6,9-12H,3-4,7-8H2. The largest absolute Gasteiger partial charge is 0.298 e. The molecule has 20 heavy (non-hydrogen) atoms. The first kappa shape index (κ1) is 12.8. The molecule has 0 saturated heterocycles. The Morgan fingerprint density at radius 2 is 1.10 bits per heavy atom. The van der Waals surface area contributed by atoms with Gasteiger partial charge in [0.2, 0.25) is 0 Å². The van der Waals surface area contributed by atoms with Gasteiger partial charge in [0.15, 0.2) is 0 Å². The van der Waals surface area contributed by atoms with Gasteiger partial charge in [-0.3, -0.25) is 9.59 Å². The summed E-state index contributed by atoms with van der Waals surface area (Å²) in [5.41, 5.74) is 6.07. The first-order chi connectivity index (χ1) is 9.80. The zero-order chi connectivity index (χ0) is 13.9. The van der Waals surface area contributed by atoms with Gasteiger partial charge < -0.3 is 0 Å². The zero-order valence-electron chi connectivity index (χ0n) is 11.3. The summed E-state index contributed by atoms with van der Waals surface area (Å²) in [6.45, 7) is 0. The van der Waals surface area contributed by atoms with Gasteiger partial charge in [0.25, 0.3) is 0 Å². The molecule has 0 unspecified atom stereocenters. The molecule has 0 N–H and O–H groups in total. The van der Waals surface area contributed by atoms with E-state index in [-0.39, 0.29) is 0 Å². The van der Waals surface area contributed by atoms with Crippen molar-refractivity contribution in [2.24, 2.45) is 0 Å². The molecule has 0 atom stereocenters. The fourth-order valence-corrected chi connectivity index (χ4v) is 2.83. The van der Waals surface area contributed by atoms with Gasteiger partial charge in [-0.1, -0.05) is 24.3 Å². The van der Waals surface area contributed by atoms with E-state index >= 15 is 0 Å². The second-order valence-electron chi connectivity index (χ2n) is 5.30. The molecule has 100 valence electrons. The first-order valence-corrected chi connectivity index (χ1v) is 6.94. The van der Waals surface area contributed by atoms with E-state index in [1.165, 1.54) is 0 Å². The normalized spacial score (nSPS) is 13.6. The van der Waals surface area contributed by atoms with Gasteiger partial charge in [-0.15, -0.1) is 0 Å². The van der Waals surface area contributed by atoms with Gasteiger partial charge in [0.05, 0.1) is 0 Å². The fraction of sp³-hybridized carbons (Fsp3) is 0.222. The van der Waals surface area contributed by atoms with E-state index in [9.17, 15) is 9.59 Å². The Morgan fingerprint density at radius 3 is 1.50 bits per heavy atom. The number of hydrogen-bond acceptors (Lipinski definition) is 2. The van der Waals surface area contributed by atoms with Crippen LogP contribution < -0.4 is 0 Å². The minimum atomic E-state index is 0.799. The summed E-state index contributed by atoms with van der Waals surface area (Å²) in [6, 6.07) is 12.3. The third-order valence-electron chi connectivity index (χ3n) is 4.04. The molecule has 6 rings (SSSR count). The van der Waals surface area contributed by atoms with Crippen molar-refractivity contribution >= 4 is 12.6 Å². The average molecular weight is 264 g/mol. The highest BCUT2D eigenvalue weighted by Gasteiger charge is 2.09. The summed E-state index contributed by atoms with van der Waals surface area (Å²) in [5.74, 6) is 0. The van der Waals surface area contributed by atoms with Crippen LogP contribution in [0.15, 0.2) is 36.4 Å². The number of aryl methyl sites for hydroxylation is 4. The van der Waals surface area contributed by atoms with Crippen molar-refractivity contribution in [2.75, 3.05) is 0 Å². The van der Waals surface area contributed by atoms with Gasteiger partial charge in [-0.05, 0) is 60.1 Å². The number of aldehydes is 2. The van der Waals surface area contributed by atoms with Crippen LogP contribution in [0.1, 0.15) is 43.0 Å². The summed E-state index contributed by atoms with van der Waals surface area (Å²) >= 11 is 0. The second-order valence-corrected chi connectivity index (χ2v) is 5.30. The molecular weight excluding hydrogens is 248 g/mol. The summed E-state index contributed by atoms with van der Waals surface area (Å²) in [4.78, 5) is 22.4. The third kappa shape index (κ3) is 2.42. The maximum absolute atomic E-state index is 11.2. The minimum absolute atomic E-state index is 0.799. The fourth-order valence-electron chi connectivity index (χ4n) is 2.83. The van der Waals surface area contributed by atoms with Gasteiger partial charge in [-0.2, -0.15) is 0 Å². The first-order valence-electron chi connectivity index (χ1n) is 6.94. The Balaban J connectivity index is 2.06. The van der Waals surface area contributed by atoms with Crippen LogP contribution in [0, 0.1) is 0 Å². The number of carbonyl (C=O) groups excluding carboxylic acids is 2. The zero-order valence-corrected chi connectivity index (χ0v) is 11.3. The minimum Gasteiger partial charge on any atom is -0.298 e. The second kappa shape index (κ2) is 5.41. The van der Waals surface area contributed by atoms with Crippen LogP contribution >= 0.6 is 0 Å². The van der Waals surface area contributed by atoms with Crippen molar-refractivity contribution in [3.05, 3.63) is 69.8 Å². The SMILES string of the molecule is O=Cc1cc2ccc1CCc1ccc(c(C=O)c1)CC2. The molecule has 4 aliphatic rings. The molecule has 4 aliphatic carbocycles. The lowest BCUT2D eigenvalue weighted by atomic mass is 9.92. The summed E-state index contributed by atoms with van der Waals surface area (Å²) in [5, 5.41) is 0. The molecule has 2 aromatic carbocycles. The average Bonchev–Trinajstić information content (AvgIpc) is 2.49. The maximum Gasteiger partial charge on any atom is 0.150 e. The van der Waals surface area contributed by atoms with Gasteiger partial charge in [-0.25, -0.2) is 0 Å². The monoisotopic (exact) mass is 264 g/mol. The van der Waals surface area contributed by atoms with Crippen LogP contribution in [0.3, 0.4) is 0 Å². The van der Waals surface area contributed by atoms with Crippen LogP contribution in [0.5, 0.6) is 0 Å². The van der Waals surface area contributed by atoms with E-state index in [1.54, 1.807) is 0 Å². The molecule has 2 nitrogen and oxygen atoms in total. The van der Waals surface area contributed by atoms with E-state index in [0.29, 0.717) is 0 Å². The molecule has 0 radical (unpaired) electrons. The predicted octanol–water partition coefficient (Wildman–Crippen LogP) is 3.20. The smallest absolute Gasteiger partial charge is 0.150 e. The van der Waals surface area contributed by atoms with Crippen LogP contribution in [-0.4, -0.2) is 12.6 Å². The Hall–Kier alpha value is -2.22. The van der Waals surface area contributed by atoms with Crippen molar-refractivity contribution in [1.82, 2.24) is 0 Å². The molecule has 0 aromatic heterocycles. The number of carbonyl (C=O) groups is 2. The highest BCUT2D eigenvalue weighted by atomic mass is 16.1. The molecule has 0 fully saturated rings. The molecule has 0 saturated carbocycles. The van der Waals surface area contributed by atoms with Crippen molar-refractivity contribution in [3.8, 4) is 0 Å². The van der Waals surface area contributed by atoms with Crippen molar-refractivity contribution in [1.29, 1.82) is 0 Å². The summed E-state index contributed by atoms with van der Waals surface area (Å²) in [6.07, 6.45) is 5.24. The summed E-state index contributed by atoms with van der Waals surface area (Å²) < 4.78 is 0. The molecule has 2 aromatic rings. The summed E-state index contributed by atoms with van der Waals surface area (Å²) in [7, 11) is 0. The molecule has 4 bridgehead atoms. The van der Waals surface area contributed by atoms with E-state index in [1.807, 2.05) is 12.1 Å². The molecule has 0 aliphatic heterocycles. The van der Waals surface area contributed by atoms with Crippen LogP contribution in [0.4, 0.5) is 0 Å². The van der Waals surface area contributed by atoms with Crippen molar-refractivity contribution < 1.29 is 9.59 Å². The highest BCUT2D eigenvalue weighted by molar-refractivity contribution is 5.78. The van der Waals surface area contributed by atoms with Gasteiger partial charge in [0.1, 0.15) is 12.6 Å². The van der Waals surface area contributed by atoms with E-state index < -0.39 is 0 Å². The van der Waals surface area contributed by atoms with Crippen LogP contribution in [0.25, 0.3) is 0 Å². The number of hydrogen-bond donors (Lipinski definition) is 0. The predicted molar refractivity (Wildman–Crippen MR) is 78.5 cm³/mol. The van der Waals surface area contributed by atoms with Crippen molar-refractivity contribution in [2.45, 2.75) is 25.7 Å². The maximum atomic E-state index is 11.2. The molecule has 0 heterocycles. The van der Waals surface area contributed by atoms with E-state index in [0.717, 1.165) is 71.6 Å². The third-order valence-corrected chi connectivity index (χ3v) is 4.04. The highest BCUT2D eigenvalue weighted by Crippen LogP contribution is 2.20. The Morgan fingerprint density at radius 1 is 0.650 bits per heavy atom. The Labute approximate surface area is 118 Å². The number of benzene rings is 2. The van der Waals surface area contributed by atoms with Crippen LogP contribution in [0.2, 0.25) is 0 Å². The van der Waals surface area contributed by atoms with E-state index in [4.69, 9.17) is 0 Å². The molecule has 0 amide bonds. The quantitative estimate of drug-likeness (QED) is 0.781. The lowest BCUT2D eigenvalue weighted by Crippen LogP contribution is -2.04. The molecular formula is C18H16O2.